The first-order valence-corrected chi connectivity index (χ1v) is 7.91. The van der Waals surface area contributed by atoms with Gasteiger partial charge in [-0.05, 0) is 36.8 Å². The van der Waals surface area contributed by atoms with Crippen LogP contribution in [0.5, 0.6) is 0 Å². The fourth-order valence-electron chi connectivity index (χ4n) is 2.52. The second kappa shape index (κ2) is 7.18. The van der Waals surface area contributed by atoms with Crippen molar-refractivity contribution in [2.75, 3.05) is 5.32 Å². The fourth-order valence-corrected chi connectivity index (χ4v) is 2.52. The van der Waals surface area contributed by atoms with E-state index in [1.807, 2.05) is 31.2 Å². The van der Waals surface area contributed by atoms with E-state index in [0.29, 0.717) is 6.54 Å². The van der Waals surface area contributed by atoms with Crippen LogP contribution in [0.4, 0.5) is 10.2 Å². The number of imidazole rings is 1. The number of rotatable bonds is 5. The monoisotopic (exact) mass is 352 g/mol. The van der Waals surface area contributed by atoms with E-state index >= 15 is 0 Å². The molecule has 0 aliphatic carbocycles. The standard InChI is InChI=1S/C19H17FN4O2/c1-12-2-4-13(5-3-12)10-24-11-22-18(16(24)17(21)25)23-19(26)14-6-8-15(20)9-7-14/h2-9,11H,10H2,1H3,(H2,21,25)(H,23,26). The maximum atomic E-state index is 13.0. The molecule has 0 fully saturated rings. The highest BCUT2D eigenvalue weighted by molar-refractivity contribution is 6.07. The number of amides is 2. The molecule has 2 aromatic carbocycles. The Balaban J connectivity index is 1.84. The van der Waals surface area contributed by atoms with Crippen LogP contribution in [0.15, 0.2) is 54.9 Å². The lowest BCUT2D eigenvalue weighted by molar-refractivity contribution is 0.0993. The third-order valence-corrected chi connectivity index (χ3v) is 3.88. The first-order chi connectivity index (χ1) is 12.4. The van der Waals surface area contributed by atoms with Crippen molar-refractivity contribution in [2.45, 2.75) is 13.5 Å². The van der Waals surface area contributed by atoms with Crippen LogP contribution in [0.25, 0.3) is 0 Å². The highest BCUT2D eigenvalue weighted by atomic mass is 19.1. The Kier molecular flexibility index (Phi) is 4.79. The van der Waals surface area contributed by atoms with Gasteiger partial charge in [0.15, 0.2) is 11.5 Å². The summed E-state index contributed by atoms with van der Waals surface area (Å²) in [5.74, 6) is -1.59. The number of aryl methyl sites for hydroxylation is 1. The van der Waals surface area contributed by atoms with E-state index in [1.54, 1.807) is 4.57 Å². The number of halogens is 1. The van der Waals surface area contributed by atoms with E-state index in [9.17, 15) is 14.0 Å². The average molecular weight is 352 g/mol. The molecule has 0 bridgehead atoms. The van der Waals surface area contributed by atoms with Crippen molar-refractivity contribution in [3.8, 4) is 0 Å². The van der Waals surface area contributed by atoms with Crippen molar-refractivity contribution in [3.63, 3.8) is 0 Å². The molecule has 0 radical (unpaired) electrons. The Morgan fingerprint density at radius 2 is 1.77 bits per heavy atom. The van der Waals surface area contributed by atoms with Gasteiger partial charge in [0.1, 0.15) is 5.82 Å². The first-order valence-electron chi connectivity index (χ1n) is 7.91. The highest BCUT2D eigenvalue weighted by Crippen LogP contribution is 2.17. The van der Waals surface area contributed by atoms with Gasteiger partial charge in [-0.1, -0.05) is 29.8 Å². The molecule has 0 spiro atoms. The van der Waals surface area contributed by atoms with Crippen molar-refractivity contribution in [2.24, 2.45) is 5.73 Å². The molecule has 132 valence electrons. The molecule has 3 N–H and O–H groups in total. The molecule has 0 unspecified atom stereocenters. The maximum Gasteiger partial charge on any atom is 0.269 e. The molecule has 0 aliphatic rings. The second-order valence-corrected chi connectivity index (χ2v) is 5.88. The number of benzene rings is 2. The van der Waals surface area contributed by atoms with Crippen molar-refractivity contribution in [1.82, 2.24) is 9.55 Å². The van der Waals surface area contributed by atoms with Crippen LogP contribution in [-0.4, -0.2) is 21.4 Å². The van der Waals surface area contributed by atoms with Crippen LogP contribution in [0.1, 0.15) is 32.0 Å². The van der Waals surface area contributed by atoms with Gasteiger partial charge in [0.05, 0.1) is 6.33 Å². The van der Waals surface area contributed by atoms with Crippen LogP contribution < -0.4 is 11.1 Å². The van der Waals surface area contributed by atoms with Gasteiger partial charge in [0.2, 0.25) is 0 Å². The third-order valence-electron chi connectivity index (χ3n) is 3.88. The average Bonchev–Trinajstić information content (AvgIpc) is 3.00. The van der Waals surface area contributed by atoms with Crippen LogP contribution in [0.2, 0.25) is 0 Å². The third kappa shape index (κ3) is 3.77. The minimum Gasteiger partial charge on any atom is -0.364 e. The van der Waals surface area contributed by atoms with Crippen LogP contribution in [0.3, 0.4) is 0 Å². The van der Waals surface area contributed by atoms with Crippen LogP contribution in [-0.2, 0) is 6.54 Å². The van der Waals surface area contributed by atoms with E-state index in [4.69, 9.17) is 5.73 Å². The second-order valence-electron chi connectivity index (χ2n) is 5.88. The van der Waals surface area contributed by atoms with Gasteiger partial charge in [0, 0.05) is 12.1 Å². The van der Waals surface area contributed by atoms with Gasteiger partial charge < -0.3 is 15.6 Å². The predicted molar refractivity (Wildman–Crippen MR) is 95.4 cm³/mol. The summed E-state index contributed by atoms with van der Waals surface area (Å²) in [4.78, 5) is 28.2. The number of primary amides is 1. The van der Waals surface area contributed by atoms with E-state index in [2.05, 4.69) is 10.3 Å². The number of anilines is 1. The molecule has 0 atom stereocenters. The van der Waals surface area contributed by atoms with E-state index in [0.717, 1.165) is 11.1 Å². The number of aromatic nitrogens is 2. The summed E-state index contributed by atoms with van der Waals surface area (Å²) in [5.41, 5.74) is 7.91. The van der Waals surface area contributed by atoms with Gasteiger partial charge in [0.25, 0.3) is 11.8 Å². The minimum atomic E-state index is -0.705. The Labute approximate surface area is 149 Å². The predicted octanol–water partition coefficient (Wildman–Crippen LogP) is 2.73. The number of hydrogen-bond acceptors (Lipinski definition) is 3. The molecule has 0 saturated heterocycles. The van der Waals surface area contributed by atoms with E-state index < -0.39 is 17.6 Å². The number of nitrogens with one attached hydrogen (secondary N) is 1. The van der Waals surface area contributed by atoms with Crippen LogP contribution in [0, 0.1) is 12.7 Å². The molecule has 1 heterocycles. The molecule has 2 amide bonds. The molecule has 0 saturated carbocycles. The van der Waals surface area contributed by atoms with Crippen molar-refractivity contribution >= 4 is 17.6 Å². The molecular weight excluding hydrogens is 335 g/mol. The number of hydrogen-bond donors (Lipinski definition) is 2. The Morgan fingerprint density at radius 3 is 2.38 bits per heavy atom. The molecule has 6 nitrogen and oxygen atoms in total. The smallest absolute Gasteiger partial charge is 0.269 e. The molecule has 7 heteroatoms. The summed E-state index contributed by atoms with van der Waals surface area (Å²) in [6.07, 6.45) is 1.44. The first kappa shape index (κ1) is 17.3. The summed E-state index contributed by atoms with van der Waals surface area (Å²) in [7, 11) is 0. The molecule has 3 aromatic rings. The van der Waals surface area contributed by atoms with Crippen molar-refractivity contribution < 1.29 is 14.0 Å². The van der Waals surface area contributed by atoms with Crippen molar-refractivity contribution in [3.05, 3.63) is 83.1 Å². The summed E-state index contributed by atoms with van der Waals surface area (Å²) >= 11 is 0. The molecule has 0 aliphatic heterocycles. The summed E-state index contributed by atoms with van der Waals surface area (Å²) < 4.78 is 14.6. The van der Waals surface area contributed by atoms with Gasteiger partial charge in [-0.2, -0.15) is 0 Å². The quantitative estimate of drug-likeness (QED) is 0.740. The number of nitrogens with zero attached hydrogens (tertiary/aromatic N) is 2. The lowest BCUT2D eigenvalue weighted by atomic mass is 10.1. The molecule has 26 heavy (non-hydrogen) atoms. The Bertz CT molecular complexity index is 947. The van der Waals surface area contributed by atoms with E-state index in [-0.39, 0.29) is 17.1 Å². The van der Waals surface area contributed by atoms with Gasteiger partial charge in [-0.3, -0.25) is 9.59 Å². The zero-order valence-corrected chi connectivity index (χ0v) is 14.1. The van der Waals surface area contributed by atoms with Gasteiger partial charge in [-0.25, -0.2) is 9.37 Å². The van der Waals surface area contributed by atoms with E-state index in [1.165, 1.54) is 30.6 Å². The maximum absolute atomic E-state index is 13.0. The van der Waals surface area contributed by atoms with Gasteiger partial charge in [-0.15, -0.1) is 0 Å². The molecular formula is C19H17FN4O2. The summed E-state index contributed by atoms with van der Waals surface area (Å²) in [6.45, 7) is 2.37. The SMILES string of the molecule is Cc1ccc(Cn2cnc(NC(=O)c3ccc(F)cc3)c2C(N)=O)cc1. The van der Waals surface area contributed by atoms with Gasteiger partial charge >= 0.3 is 0 Å². The zero-order chi connectivity index (χ0) is 18.7. The zero-order valence-electron chi connectivity index (χ0n) is 14.1. The Hall–Kier alpha value is -3.48. The fraction of sp³-hybridized carbons (Fsp3) is 0.105. The number of carbonyl (C=O) groups excluding carboxylic acids is 2. The summed E-state index contributed by atoms with van der Waals surface area (Å²) in [6, 6.07) is 12.9. The number of carbonyl (C=O) groups is 2. The lowest BCUT2D eigenvalue weighted by Gasteiger charge is -2.08. The van der Waals surface area contributed by atoms with Crippen molar-refractivity contribution in [1.29, 1.82) is 0 Å². The molecule has 1 aromatic heterocycles. The minimum absolute atomic E-state index is 0.0685. The largest absolute Gasteiger partial charge is 0.364 e. The Morgan fingerprint density at radius 1 is 1.12 bits per heavy atom. The lowest BCUT2D eigenvalue weighted by Crippen LogP contribution is -2.21. The summed E-state index contributed by atoms with van der Waals surface area (Å²) in [5, 5.41) is 2.55. The highest BCUT2D eigenvalue weighted by Gasteiger charge is 2.19. The normalized spacial score (nSPS) is 10.5. The van der Waals surface area contributed by atoms with Crippen LogP contribution >= 0.6 is 0 Å². The molecule has 3 rings (SSSR count). The number of nitrogens with two attached hydrogens (primary N) is 1. The topological polar surface area (TPSA) is 90.0 Å².